The number of anilines is 3. The molecule has 53 heavy (non-hydrogen) atoms. The predicted octanol–water partition coefficient (Wildman–Crippen LogP) is 14.1. The average Bonchev–Trinajstić information content (AvgIpc) is 3.83. The highest BCUT2D eigenvalue weighted by atomic mass is 32.1. The third kappa shape index (κ3) is 3.64. The Labute approximate surface area is 314 Å². The lowest BCUT2D eigenvalue weighted by Gasteiger charge is -2.54. The smallest absolute Gasteiger partial charge is 0.0540 e. The van der Waals surface area contributed by atoms with Gasteiger partial charge >= 0.3 is 0 Å². The summed E-state index contributed by atoms with van der Waals surface area (Å²) in [4.78, 5) is 2.56. The molecule has 6 unspecified atom stereocenters. The minimum absolute atomic E-state index is 0.182. The molecule has 3 bridgehead atoms. The summed E-state index contributed by atoms with van der Waals surface area (Å²) in [6.07, 6.45) is 7.31. The molecule has 1 aromatic heterocycles. The molecular formula is C51H39NS. The lowest BCUT2D eigenvalue weighted by molar-refractivity contribution is -0.0193. The molecule has 5 aliphatic carbocycles. The molecule has 254 valence electrons. The van der Waals surface area contributed by atoms with Crippen LogP contribution in [0.5, 0.6) is 0 Å². The van der Waals surface area contributed by atoms with E-state index in [1.807, 2.05) is 11.3 Å². The first kappa shape index (κ1) is 29.3. The van der Waals surface area contributed by atoms with E-state index in [2.05, 4.69) is 157 Å². The monoisotopic (exact) mass is 697 g/mol. The molecule has 1 nitrogen and oxygen atoms in total. The Bertz CT molecular complexity index is 2830. The van der Waals surface area contributed by atoms with Gasteiger partial charge in [0, 0.05) is 42.3 Å². The Balaban J connectivity index is 1.05. The second-order valence-electron chi connectivity index (χ2n) is 17.0. The molecule has 5 aliphatic rings. The van der Waals surface area contributed by atoms with Gasteiger partial charge in [0.05, 0.1) is 5.69 Å². The third-order valence-corrected chi connectivity index (χ3v) is 16.1. The minimum Gasteiger partial charge on any atom is -0.310 e. The van der Waals surface area contributed by atoms with Crippen LogP contribution < -0.4 is 4.90 Å². The fourth-order valence-electron chi connectivity index (χ4n) is 13.3. The van der Waals surface area contributed by atoms with Gasteiger partial charge in [-0.2, -0.15) is 0 Å². The maximum absolute atomic E-state index is 2.59. The van der Waals surface area contributed by atoms with Crippen LogP contribution in [-0.2, 0) is 5.41 Å². The number of hydrogen-bond donors (Lipinski definition) is 0. The van der Waals surface area contributed by atoms with Crippen molar-refractivity contribution in [3.05, 3.63) is 163 Å². The predicted molar refractivity (Wildman–Crippen MR) is 223 cm³/mol. The van der Waals surface area contributed by atoms with Gasteiger partial charge < -0.3 is 4.90 Å². The number of rotatable bonds is 4. The number of thiophene rings is 1. The van der Waals surface area contributed by atoms with Gasteiger partial charge in [0.15, 0.2) is 0 Å². The van der Waals surface area contributed by atoms with Crippen molar-refractivity contribution < 1.29 is 0 Å². The molecule has 8 aromatic rings. The molecular weight excluding hydrogens is 659 g/mol. The molecule has 13 rings (SSSR count). The van der Waals surface area contributed by atoms with E-state index in [4.69, 9.17) is 0 Å². The van der Waals surface area contributed by atoms with Crippen LogP contribution in [0.3, 0.4) is 0 Å². The van der Waals surface area contributed by atoms with Crippen molar-refractivity contribution in [3.8, 4) is 22.3 Å². The van der Waals surface area contributed by atoms with Crippen LogP contribution >= 0.6 is 11.3 Å². The van der Waals surface area contributed by atoms with Crippen LogP contribution in [0.25, 0.3) is 53.2 Å². The van der Waals surface area contributed by atoms with Gasteiger partial charge in [-0.05, 0) is 136 Å². The van der Waals surface area contributed by atoms with Gasteiger partial charge in [-0.3, -0.25) is 0 Å². The molecule has 0 amide bonds. The molecule has 7 aromatic carbocycles. The van der Waals surface area contributed by atoms with E-state index in [0.717, 1.165) is 23.7 Å². The number of benzene rings is 7. The number of fused-ring (bicyclic) bond motifs is 13. The molecule has 4 saturated carbocycles. The Morgan fingerprint density at radius 3 is 2.13 bits per heavy atom. The largest absolute Gasteiger partial charge is 0.310 e. The highest BCUT2D eigenvalue weighted by Crippen LogP contribution is 2.83. The molecule has 2 spiro atoms. The first-order chi connectivity index (χ1) is 26.2. The van der Waals surface area contributed by atoms with Crippen LogP contribution in [0.2, 0.25) is 0 Å². The summed E-state index contributed by atoms with van der Waals surface area (Å²) >= 11 is 1.90. The minimum atomic E-state index is 0.182. The van der Waals surface area contributed by atoms with Crippen molar-refractivity contribution >= 4 is 59.3 Å². The molecule has 0 saturated heterocycles. The zero-order valence-electron chi connectivity index (χ0n) is 29.6. The van der Waals surface area contributed by atoms with Gasteiger partial charge in [0.1, 0.15) is 0 Å². The van der Waals surface area contributed by atoms with Crippen LogP contribution in [0, 0.1) is 29.1 Å². The summed E-state index contributed by atoms with van der Waals surface area (Å²) in [6, 6.07) is 57.8. The van der Waals surface area contributed by atoms with E-state index in [-0.39, 0.29) is 5.41 Å². The van der Waals surface area contributed by atoms with Crippen LogP contribution in [-0.4, -0.2) is 0 Å². The quantitative estimate of drug-likeness (QED) is 0.177. The summed E-state index contributed by atoms with van der Waals surface area (Å²) in [5, 5.41) is 5.23. The van der Waals surface area contributed by atoms with Crippen LogP contribution in [0.15, 0.2) is 152 Å². The zero-order chi connectivity index (χ0) is 34.5. The lowest BCUT2D eigenvalue weighted by Crippen LogP contribution is -2.50. The third-order valence-electron chi connectivity index (χ3n) is 15.0. The number of nitrogens with zero attached hydrogens (tertiary/aromatic N) is 1. The van der Waals surface area contributed by atoms with Gasteiger partial charge in [-0.1, -0.05) is 115 Å². The molecule has 2 heteroatoms. The van der Waals surface area contributed by atoms with Gasteiger partial charge in [-0.25, -0.2) is 0 Å². The van der Waals surface area contributed by atoms with E-state index >= 15 is 0 Å². The van der Waals surface area contributed by atoms with Gasteiger partial charge in [-0.15, -0.1) is 11.3 Å². The normalized spacial score (nSPS) is 27.0. The van der Waals surface area contributed by atoms with E-state index in [9.17, 15) is 0 Å². The molecule has 0 N–H and O–H groups in total. The molecule has 0 radical (unpaired) electrons. The van der Waals surface area contributed by atoms with Crippen molar-refractivity contribution in [2.24, 2.45) is 29.1 Å². The summed E-state index contributed by atoms with van der Waals surface area (Å²) in [5.41, 5.74) is 13.2. The lowest BCUT2D eigenvalue weighted by atomic mass is 9.49. The highest BCUT2D eigenvalue weighted by Gasteiger charge is 2.76. The van der Waals surface area contributed by atoms with Crippen LogP contribution in [0.1, 0.15) is 43.2 Å². The molecule has 4 fully saturated rings. The second kappa shape index (κ2) is 10.3. The Hall–Kier alpha value is -5.18. The SMILES string of the molecule is c1ccc(-c2ccc(N(c3ccc4c(c3)-c3ccccc3C43C4CC5CC6CC3C6(C5)C4)c3ccc4c(c3)sc3ccccc34)c3ccccc23)cc1. The fourth-order valence-corrected chi connectivity index (χ4v) is 14.4. The zero-order valence-corrected chi connectivity index (χ0v) is 30.5. The summed E-state index contributed by atoms with van der Waals surface area (Å²) < 4.78 is 2.67. The maximum atomic E-state index is 2.59. The first-order valence-corrected chi connectivity index (χ1v) is 20.6. The topological polar surface area (TPSA) is 3.24 Å². The standard InChI is InChI=1S/C51H39NS/c1-2-10-32(11-3-1)37-21-23-46(40-14-5-4-12-38(37)40)52(36-18-20-42-41-15-7-9-17-47(41)53-48(42)28-36)35-19-22-45-43(27-35)39-13-6-8-16-44(39)51(45)34-25-31-24-33-26-49(51)50(33,29-31)30-34/h1-23,27-28,31,33-34,49H,24-26,29-30H2. The van der Waals surface area contributed by atoms with Crippen molar-refractivity contribution in [2.75, 3.05) is 4.90 Å². The van der Waals surface area contributed by atoms with E-state index in [1.54, 1.807) is 11.1 Å². The van der Waals surface area contributed by atoms with E-state index < -0.39 is 0 Å². The van der Waals surface area contributed by atoms with Crippen molar-refractivity contribution in [1.82, 2.24) is 0 Å². The highest BCUT2D eigenvalue weighted by molar-refractivity contribution is 7.25. The Kier molecular flexibility index (Phi) is 5.68. The summed E-state index contributed by atoms with van der Waals surface area (Å²) in [6.45, 7) is 0. The molecule has 6 atom stereocenters. The first-order valence-electron chi connectivity index (χ1n) is 19.7. The molecule has 1 heterocycles. The van der Waals surface area contributed by atoms with Gasteiger partial charge in [0.25, 0.3) is 0 Å². The maximum Gasteiger partial charge on any atom is 0.0540 e. The molecule has 0 aliphatic heterocycles. The Morgan fingerprint density at radius 1 is 0.491 bits per heavy atom. The summed E-state index contributed by atoms with van der Waals surface area (Å²) in [7, 11) is 0. The second-order valence-corrected chi connectivity index (χ2v) is 18.0. The Morgan fingerprint density at radius 2 is 1.21 bits per heavy atom. The van der Waals surface area contributed by atoms with E-state index in [0.29, 0.717) is 5.41 Å². The van der Waals surface area contributed by atoms with Gasteiger partial charge in [0.2, 0.25) is 0 Å². The summed E-state index contributed by atoms with van der Waals surface area (Å²) in [5.74, 6) is 3.49. The van der Waals surface area contributed by atoms with E-state index in [1.165, 1.54) is 102 Å². The fraction of sp³-hybridized carbons (Fsp3) is 0.216. The van der Waals surface area contributed by atoms with Crippen molar-refractivity contribution in [3.63, 3.8) is 0 Å². The average molecular weight is 698 g/mol. The number of hydrogen-bond acceptors (Lipinski definition) is 2. The van der Waals surface area contributed by atoms with Crippen molar-refractivity contribution in [2.45, 2.75) is 37.5 Å². The van der Waals surface area contributed by atoms with Crippen molar-refractivity contribution in [1.29, 1.82) is 0 Å². The van der Waals surface area contributed by atoms with Crippen LogP contribution in [0.4, 0.5) is 17.1 Å².